The highest BCUT2D eigenvalue weighted by atomic mass is 16.5. The Bertz CT molecular complexity index is 289. The van der Waals surface area contributed by atoms with Gasteiger partial charge in [0.05, 0.1) is 25.9 Å². The van der Waals surface area contributed by atoms with E-state index in [1.165, 1.54) is 0 Å². The topological polar surface area (TPSA) is 58.9 Å². The molecule has 1 atom stereocenters. The van der Waals surface area contributed by atoms with Crippen LogP contribution in [0.3, 0.4) is 0 Å². The van der Waals surface area contributed by atoms with Gasteiger partial charge in [-0.05, 0) is 18.4 Å². The quantitative estimate of drug-likeness (QED) is 0.619. The molecule has 1 aromatic rings. The smallest absolute Gasteiger partial charge is 0.0718 e. The second-order valence-electron chi connectivity index (χ2n) is 4.11. The number of hydrogen-bond acceptors (Lipinski definition) is 4. The molecule has 1 unspecified atom stereocenters. The zero-order chi connectivity index (χ0) is 13.1. The van der Waals surface area contributed by atoms with Crippen molar-refractivity contribution in [2.75, 3.05) is 26.4 Å². The molecule has 1 rings (SSSR count). The summed E-state index contributed by atoms with van der Waals surface area (Å²) in [6, 6.07) is 9.98. The van der Waals surface area contributed by atoms with Crippen LogP contribution in [0.1, 0.15) is 18.4 Å². The second-order valence-corrected chi connectivity index (χ2v) is 4.11. The Morgan fingerprint density at radius 2 is 1.67 bits per heavy atom. The Labute approximate surface area is 108 Å². The van der Waals surface area contributed by atoms with Crippen LogP contribution in [-0.4, -0.2) is 42.7 Å². The van der Waals surface area contributed by atoms with Crippen LogP contribution >= 0.6 is 0 Å². The van der Waals surface area contributed by atoms with Crippen molar-refractivity contribution in [3.63, 3.8) is 0 Å². The maximum Gasteiger partial charge on any atom is 0.0718 e. The molecule has 0 saturated heterocycles. The van der Waals surface area contributed by atoms with E-state index in [0.29, 0.717) is 39.3 Å². The molecule has 0 saturated carbocycles. The van der Waals surface area contributed by atoms with Crippen molar-refractivity contribution in [3.8, 4) is 0 Å². The van der Waals surface area contributed by atoms with Crippen molar-refractivity contribution in [3.05, 3.63) is 35.9 Å². The van der Waals surface area contributed by atoms with Crippen LogP contribution in [0.25, 0.3) is 0 Å². The van der Waals surface area contributed by atoms with Gasteiger partial charge in [-0.3, -0.25) is 0 Å². The highest BCUT2D eigenvalue weighted by Crippen LogP contribution is 2.00. The first kappa shape index (κ1) is 15.1. The van der Waals surface area contributed by atoms with Gasteiger partial charge in [0, 0.05) is 13.2 Å². The SMILES string of the molecule is OCCC(O)CCOCCOCc1ccccc1. The second kappa shape index (κ2) is 10.0. The summed E-state index contributed by atoms with van der Waals surface area (Å²) in [5, 5.41) is 17.9. The van der Waals surface area contributed by atoms with E-state index in [4.69, 9.17) is 14.6 Å². The zero-order valence-corrected chi connectivity index (χ0v) is 10.6. The van der Waals surface area contributed by atoms with Crippen LogP contribution in [0.5, 0.6) is 0 Å². The van der Waals surface area contributed by atoms with Gasteiger partial charge >= 0.3 is 0 Å². The Kier molecular flexibility index (Phi) is 8.42. The zero-order valence-electron chi connectivity index (χ0n) is 10.6. The first-order chi connectivity index (χ1) is 8.83. The van der Waals surface area contributed by atoms with Crippen LogP contribution in [0, 0.1) is 0 Å². The lowest BCUT2D eigenvalue weighted by atomic mass is 10.2. The van der Waals surface area contributed by atoms with Gasteiger partial charge in [-0.2, -0.15) is 0 Å². The summed E-state index contributed by atoms with van der Waals surface area (Å²) in [5.74, 6) is 0. The molecular weight excluding hydrogens is 232 g/mol. The summed E-state index contributed by atoms with van der Waals surface area (Å²) >= 11 is 0. The van der Waals surface area contributed by atoms with Crippen molar-refractivity contribution >= 4 is 0 Å². The molecule has 0 aliphatic rings. The molecule has 4 nitrogen and oxygen atoms in total. The lowest BCUT2D eigenvalue weighted by molar-refractivity contribution is 0.0236. The summed E-state index contributed by atoms with van der Waals surface area (Å²) < 4.78 is 10.8. The highest BCUT2D eigenvalue weighted by molar-refractivity contribution is 5.13. The third kappa shape index (κ3) is 7.40. The van der Waals surface area contributed by atoms with Crippen molar-refractivity contribution in [1.82, 2.24) is 0 Å². The van der Waals surface area contributed by atoms with Crippen molar-refractivity contribution < 1.29 is 19.7 Å². The van der Waals surface area contributed by atoms with E-state index in [2.05, 4.69) is 0 Å². The molecule has 2 N–H and O–H groups in total. The number of benzene rings is 1. The molecular formula is C14H22O4. The monoisotopic (exact) mass is 254 g/mol. The number of aliphatic hydroxyl groups excluding tert-OH is 2. The van der Waals surface area contributed by atoms with Gasteiger partial charge in [0.1, 0.15) is 0 Å². The maximum absolute atomic E-state index is 9.33. The summed E-state index contributed by atoms with van der Waals surface area (Å²) in [7, 11) is 0. The molecule has 0 spiro atoms. The van der Waals surface area contributed by atoms with Crippen molar-refractivity contribution in [2.45, 2.75) is 25.6 Å². The average molecular weight is 254 g/mol. The van der Waals surface area contributed by atoms with E-state index < -0.39 is 6.10 Å². The molecule has 0 aliphatic carbocycles. The fourth-order valence-electron chi connectivity index (χ4n) is 1.50. The van der Waals surface area contributed by atoms with Crippen LogP contribution in [-0.2, 0) is 16.1 Å². The molecule has 0 fully saturated rings. The predicted octanol–water partition coefficient (Wildman–Crippen LogP) is 1.35. The average Bonchev–Trinajstić information content (AvgIpc) is 2.39. The summed E-state index contributed by atoms with van der Waals surface area (Å²) in [4.78, 5) is 0. The lowest BCUT2D eigenvalue weighted by Gasteiger charge is -2.09. The highest BCUT2D eigenvalue weighted by Gasteiger charge is 2.02. The Hall–Kier alpha value is -0.940. The van der Waals surface area contributed by atoms with Gasteiger partial charge in [-0.1, -0.05) is 30.3 Å². The fourth-order valence-corrected chi connectivity index (χ4v) is 1.50. The largest absolute Gasteiger partial charge is 0.396 e. The van der Waals surface area contributed by atoms with E-state index in [1.54, 1.807) is 0 Å². The molecule has 0 heterocycles. The predicted molar refractivity (Wildman–Crippen MR) is 69.2 cm³/mol. The number of ether oxygens (including phenoxy) is 2. The molecule has 0 amide bonds. The third-order valence-corrected chi connectivity index (χ3v) is 2.54. The van der Waals surface area contributed by atoms with Gasteiger partial charge in [0.25, 0.3) is 0 Å². The fraction of sp³-hybridized carbons (Fsp3) is 0.571. The molecule has 102 valence electrons. The van der Waals surface area contributed by atoms with Crippen LogP contribution in [0.15, 0.2) is 30.3 Å². The minimum Gasteiger partial charge on any atom is -0.396 e. The van der Waals surface area contributed by atoms with Gasteiger partial charge in [-0.25, -0.2) is 0 Å². The Morgan fingerprint density at radius 3 is 2.39 bits per heavy atom. The minimum absolute atomic E-state index is 0.0152. The number of hydrogen-bond donors (Lipinski definition) is 2. The minimum atomic E-state index is -0.472. The van der Waals surface area contributed by atoms with E-state index in [-0.39, 0.29) is 6.61 Å². The van der Waals surface area contributed by atoms with E-state index in [1.807, 2.05) is 30.3 Å². The van der Waals surface area contributed by atoms with Crippen LogP contribution in [0.2, 0.25) is 0 Å². The first-order valence-electron chi connectivity index (χ1n) is 6.31. The molecule has 1 aromatic carbocycles. The number of rotatable bonds is 10. The summed E-state index contributed by atoms with van der Waals surface area (Å²) in [5.41, 5.74) is 1.15. The van der Waals surface area contributed by atoms with E-state index in [9.17, 15) is 5.11 Å². The van der Waals surface area contributed by atoms with Gasteiger partial charge in [0.15, 0.2) is 0 Å². The molecule has 0 radical (unpaired) electrons. The summed E-state index contributed by atoms with van der Waals surface area (Å²) in [6.45, 7) is 2.18. The third-order valence-electron chi connectivity index (χ3n) is 2.54. The van der Waals surface area contributed by atoms with Crippen LogP contribution < -0.4 is 0 Å². The Balaban J connectivity index is 1.90. The van der Waals surface area contributed by atoms with Crippen molar-refractivity contribution in [2.24, 2.45) is 0 Å². The summed E-state index contributed by atoms with van der Waals surface area (Å²) in [6.07, 6.45) is 0.493. The molecule has 0 aromatic heterocycles. The van der Waals surface area contributed by atoms with Crippen molar-refractivity contribution in [1.29, 1.82) is 0 Å². The molecule has 0 bridgehead atoms. The van der Waals surface area contributed by atoms with Gasteiger partial charge < -0.3 is 19.7 Å². The molecule has 4 heteroatoms. The van der Waals surface area contributed by atoms with E-state index >= 15 is 0 Å². The van der Waals surface area contributed by atoms with E-state index in [0.717, 1.165) is 5.56 Å². The van der Waals surface area contributed by atoms with Gasteiger partial charge in [-0.15, -0.1) is 0 Å². The standard InChI is InChI=1S/C14H22O4/c15-8-6-14(16)7-9-17-10-11-18-12-13-4-2-1-3-5-13/h1-5,14-16H,6-12H2. The normalized spacial score (nSPS) is 12.6. The number of aliphatic hydroxyl groups is 2. The van der Waals surface area contributed by atoms with Crippen LogP contribution in [0.4, 0.5) is 0 Å². The Morgan fingerprint density at radius 1 is 0.944 bits per heavy atom. The first-order valence-corrected chi connectivity index (χ1v) is 6.31. The molecule has 18 heavy (non-hydrogen) atoms. The molecule has 0 aliphatic heterocycles. The van der Waals surface area contributed by atoms with Gasteiger partial charge in [0.2, 0.25) is 0 Å². The maximum atomic E-state index is 9.33. The lowest BCUT2D eigenvalue weighted by Crippen LogP contribution is -2.13.